The summed E-state index contributed by atoms with van der Waals surface area (Å²) < 4.78 is 4.99. The number of likely N-dealkylation sites (N-methyl/N-ethyl adjacent to an activating group) is 1. The maximum Gasteiger partial charge on any atom is 0.407 e. The second-order valence-corrected chi connectivity index (χ2v) is 10.4. The quantitative estimate of drug-likeness (QED) is 0.0555. The molecule has 0 saturated heterocycles. The number of amidine groups is 1. The summed E-state index contributed by atoms with van der Waals surface area (Å²) in [6, 6.07) is -0.443. The van der Waals surface area contributed by atoms with Crippen LogP contribution in [0.4, 0.5) is 4.79 Å². The molecule has 0 radical (unpaired) electrons. The number of amides is 3. The minimum Gasteiger partial charge on any atom is -0.444 e. The molecule has 1 atom stereocenters. The standard InChI is InChI=1S/C24H37N3O3.C8H17NO2.C2H6/c1-8-11-13-14-15-18-27(19-28)23(25-30-7)22(20(4)5)26(6)24(29)21(16-10-3)17-12-9-2;1-5-6-9-7(10)11-8(2,3)4;1-2/h8-14,16-17,19-20,22H,15,18H2,1-7H3;5-6H2,1-4H3,(H,9,10);1-2H3/b11-8-,12-9+,14-13-,16-10-,21-17+,25-23-;;. The lowest BCUT2D eigenvalue weighted by atomic mass is 9.99. The van der Waals surface area contributed by atoms with Gasteiger partial charge in [-0.2, -0.15) is 0 Å². The van der Waals surface area contributed by atoms with E-state index in [4.69, 9.17) is 9.57 Å². The molecule has 43 heavy (non-hydrogen) atoms. The molecule has 1 unspecified atom stereocenters. The number of carbonyl (C=O) groups is 3. The van der Waals surface area contributed by atoms with Crippen LogP contribution < -0.4 is 5.32 Å². The molecule has 0 bridgehead atoms. The van der Waals surface area contributed by atoms with Crippen molar-refractivity contribution in [2.45, 2.75) is 101 Å². The van der Waals surface area contributed by atoms with E-state index >= 15 is 0 Å². The molecule has 0 aromatic heterocycles. The van der Waals surface area contributed by atoms with Crippen LogP contribution in [-0.2, 0) is 19.2 Å². The highest BCUT2D eigenvalue weighted by atomic mass is 16.6. The molecule has 3 amide bonds. The van der Waals surface area contributed by atoms with Gasteiger partial charge in [0.1, 0.15) is 12.7 Å². The molecule has 0 heterocycles. The topological polar surface area (TPSA) is 101 Å². The van der Waals surface area contributed by atoms with E-state index in [2.05, 4.69) is 10.5 Å². The molecule has 0 fully saturated rings. The third kappa shape index (κ3) is 21.7. The van der Waals surface area contributed by atoms with Gasteiger partial charge in [-0.15, -0.1) is 0 Å². The van der Waals surface area contributed by atoms with Gasteiger partial charge in [-0.1, -0.05) is 88.4 Å². The second-order valence-electron chi connectivity index (χ2n) is 10.4. The van der Waals surface area contributed by atoms with E-state index in [0.717, 1.165) is 12.8 Å². The number of nitrogens with one attached hydrogen (secondary N) is 1. The minimum atomic E-state index is -0.443. The fraction of sp³-hybridized carbons (Fsp3) is 0.588. The number of hydrogen-bond acceptors (Lipinski definition) is 6. The van der Waals surface area contributed by atoms with Crippen molar-refractivity contribution in [3.8, 4) is 0 Å². The Morgan fingerprint density at radius 3 is 2.05 bits per heavy atom. The predicted molar refractivity (Wildman–Crippen MR) is 181 cm³/mol. The fourth-order valence-electron chi connectivity index (χ4n) is 3.46. The number of ether oxygens (including phenoxy) is 1. The molecule has 0 spiro atoms. The number of nitrogens with zero attached hydrogens (tertiary/aromatic N) is 3. The first-order valence-corrected chi connectivity index (χ1v) is 15.1. The molecule has 246 valence electrons. The average molecular weight is 605 g/mol. The van der Waals surface area contributed by atoms with Crippen LogP contribution in [0.15, 0.2) is 65.4 Å². The molecular weight excluding hydrogens is 544 g/mol. The molecule has 9 nitrogen and oxygen atoms in total. The Morgan fingerprint density at radius 1 is 1.00 bits per heavy atom. The number of oxime groups is 1. The second kappa shape index (κ2) is 27.2. The van der Waals surface area contributed by atoms with E-state index in [-0.39, 0.29) is 17.9 Å². The fourth-order valence-corrected chi connectivity index (χ4v) is 3.46. The smallest absolute Gasteiger partial charge is 0.407 e. The monoisotopic (exact) mass is 604 g/mol. The van der Waals surface area contributed by atoms with Crippen molar-refractivity contribution in [2.75, 3.05) is 27.2 Å². The van der Waals surface area contributed by atoms with Gasteiger partial charge in [0.15, 0.2) is 5.84 Å². The van der Waals surface area contributed by atoms with Gasteiger partial charge in [-0.25, -0.2) is 4.79 Å². The van der Waals surface area contributed by atoms with Crippen molar-refractivity contribution in [1.29, 1.82) is 0 Å². The normalized spacial score (nSPS) is 13.0. The maximum atomic E-state index is 13.2. The van der Waals surface area contributed by atoms with E-state index < -0.39 is 11.6 Å². The summed E-state index contributed by atoms with van der Waals surface area (Å²) in [5, 5.41) is 6.76. The number of allylic oxidation sites excluding steroid dienone is 7. The summed E-state index contributed by atoms with van der Waals surface area (Å²) in [5.74, 6) is 0.249. The van der Waals surface area contributed by atoms with E-state index in [1.165, 1.54) is 12.0 Å². The predicted octanol–water partition coefficient (Wildman–Crippen LogP) is 7.44. The number of alkyl carbamates (subject to hydrolysis) is 1. The largest absolute Gasteiger partial charge is 0.444 e. The van der Waals surface area contributed by atoms with Gasteiger partial charge in [0, 0.05) is 25.7 Å². The van der Waals surface area contributed by atoms with Gasteiger partial charge in [-0.3, -0.25) is 14.5 Å². The third-order valence-corrected chi connectivity index (χ3v) is 5.20. The third-order valence-electron chi connectivity index (χ3n) is 5.20. The van der Waals surface area contributed by atoms with Crippen molar-refractivity contribution in [2.24, 2.45) is 11.1 Å². The highest BCUT2D eigenvalue weighted by Gasteiger charge is 2.32. The van der Waals surface area contributed by atoms with E-state index in [0.29, 0.717) is 30.9 Å². The zero-order valence-corrected chi connectivity index (χ0v) is 29.1. The van der Waals surface area contributed by atoms with Gasteiger partial charge in [0.25, 0.3) is 5.91 Å². The van der Waals surface area contributed by atoms with Crippen molar-refractivity contribution >= 4 is 24.2 Å². The number of rotatable bonds is 14. The van der Waals surface area contributed by atoms with Crippen molar-refractivity contribution in [3.63, 3.8) is 0 Å². The molecular formula is C34H60N4O5. The number of carbonyl (C=O) groups excluding carboxylic acids is 3. The van der Waals surface area contributed by atoms with Crippen molar-refractivity contribution in [3.05, 3.63) is 60.3 Å². The van der Waals surface area contributed by atoms with Crippen LogP contribution >= 0.6 is 0 Å². The van der Waals surface area contributed by atoms with E-state index in [1.54, 1.807) is 24.1 Å². The first-order chi connectivity index (χ1) is 20.3. The van der Waals surface area contributed by atoms with Crippen LogP contribution in [0.5, 0.6) is 0 Å². The molecule has 0 rings (SSSR count). The minimum absolute atomic E-state index is 0.00226. The Bertz CT molecular complexity index is 941. The van der Waals surface area contributed by atoms with Gasteiger partial charge in [-0.05, 0) is 66.4 Å². The van der Waals surface area contributed by atoms with Crippen LogP contribution in [0.2, 0.25) is 0 Å². The van der Waals surface area contributed by atoms with Crippen LogP contribution in [-0.4, -0.2) is 72.9 Å². The van der Waals surface area contributed by atoms with Gasteiger partial charge < -0.3 is 19.8 Å². The Kier molecular flexibility index (Phi) is 27.8. The summed E-state index contributed by atoms with van der Waals surface area (Å²) in [6.45, 7) is 22.3. The van der Waals surface area contributed by atoms with Crippen LogP contribution in [0.25, 0.3) is 0 Å². The van der Waals surface area contributed by atoms with Crippen LogP contribution in [0.1, 0.15) is 89.0 Å². The molecule has 0 saturated carbocycles. The van der Waals surface area contributed by atoms with Gasteiger partial charge in [0.05, 0.1) is 6.04 Å². The summed E-state index contributed by atoms with van der Waals surface area (Å²) in [4.78, 5) is 44.1. The molecule has 0 aliphatic heterocycles. The van der Waals surface area contributed by atoms with Gasteiger partial charge in [0.2, 0.25) is 6.41 Å². The lowest BCUT2D eigenvalue weighted by molar-refractivity contribution is -0.127. The molecule has 9 heteroatoms. The zero-order chi connectivity index (χ0) is 33.8. The molecule has 0 aliphatic carbocycles. The lowest BCUT2D eigenvalue weighted by Gasteiger charge is -2.35. The van der Waals surface area contributed by atoms with Crippen LogP contribution in [0, 0.1) is 5.92 Å². The first-order valence-electron chi connectivity index (χ1n) is 15.1. The van der Waals surface area contributed by atoms with E-state index in [1.807, 2.05) is 119 Å². The average Bonchev–Trinajstić information content (AvgIpc) is 2.95. The molecule has 1 N–H and O–H groups in total. The molecule has 0 aromatic carbocycles. The highest BCUT2D eigenvalue weighted by molar-refractivity contribution is 6.02. The SMILES string of the molecule is C/C=C\C=C/CCN(C=O)/C(=N\OC)C(C(C)C)N(C)C(=O)C(/C=C\C)=C/C=C/C.CC.CCCNC(=O)OC(C)(C)C. The highest BCUT2D eigenvalue weighted by Crippen LogP contribution is 2.18. The van der Waals surface area contributed by atoms with Crippen LogP contribution in [0.3, 0.4) is 0 Å². The van der Waals surface area contributed by atoms with Crippen molar-refractivity contribution in [1.82, 2.24) is 15.1 Å². The Labute approximate surface area is 262 Å². The summed E-state index contributed by atoms with van der Waals surface area (Å²) in [7, 11) is 3.16. The summed E-state index contributed by atoms with van der Waals surface area (Å²) in [5.41, 5.74) is 0.158. The zero-order valence-electron chi connectivity index (χ0n) is 29.1. The number of hydrogen-bond donors (Lipinski definition) is 1. The van der Waals surface area contributed by atoms with Crippen molar-refractivity contribution < 1.29 is 24.0 Å². The summed E-state index contributed by atoms with van der Waals surface area (Å²) in [6.07, 6.45) is 18.8. The molecule has 0 aromatic rings. The lowest BCUT2D eigenvalue weighted by Crippen LogP contribution is -2.52. The Hall–Kier alpha value is -3.62. The van der Waals surface area contributed by atoms with Gasteiger partial charge >= 0.3 is 6.09 Å². The Morgan fingerprint density at radius 2 is 1.60 bits per heavy atom. The molecule has 0 aliphatic rings. The van der Waals surface area contributed by atoms with E-state index in [9.17, 15) is 14.4 Å². The first kappa shape index (κ1) is 43.8. The Balaban J connectivity index is -0.00000103. The summed E-state index contributed by atoms with van der Waals surface area (Å²) >= 11 is 0. The maximum absolute atomic E-state index is 13.2.